The van der Waals surface area contributed by atoms with Crippen LogP contribution in [0.3, 0.4) is 0 Å². The van der Waals surface area contributed by atoms with Crippen molar-refractivity contribution in [1.29, 1.82) is 0 Å². The summed E-state index contributed by atoms with van der Waals surface area (Å²) in [5, 5.41) is 0. The van der Waals surface area contributed by atoms with Crippen LogP contribution in [0.15, 0.2) is 36.5 Å². The van der Waals surface area contributed by atoms with Crippen molar-refractivity contribution in [3.05, 3.63) is 36.5 Å². The minimum atomic E-state index is -4.63. The number of phosphoric ester groups is 1. The van der Waals surface area contributed by atoms with Crippen molar-refractivity contribution in [1.82, 2.24) is 0 Å². The monoisotopic (exact) mass is 1130 g/mol. The highest BCUT2D eigenvalue weighted by Crippen LogP contribution is 2.38. The molecular weight excluding hydrogens is 1000 g/mol. The van der Waals surface area contributed by atoms with E-state index in [1.807, 2.05) is 21.1 Å². The molecule has 0 aliphatic carbocycles. The molecule has 2 unspecified atom stereocenters. The maximum absolute atomic E-state index is 12.8. The number of esters is 2. The highest BCUT2D eigenvalue weighted by molar-refractivity contribution is 7.45. The van der Waals surface area contributed by atoms with Crippen molar-refractivity contribution in [2.24, 2.45) is 0 Å². The molecular formula is C69H132NO8P. The minimum Gasteiger partial charge on any atom is -0.756 e. The Bertz CT molecular complexity index is 1430. The van der Waals surface area contributed by atoms with Crippen LogP contribution < -0.4 is 4.89 Å². The lowest BCUT2D eigenvalue weighted by molar-refractivity contribution is -0.870. The SMILES string of the molecule is CCCCCCC/C=C\C/C=C\C/C=C\CCCCCCCCCCCCCCCCCCCCCCCCCCCCC(=O)OC(COC(=O)CCCCCCCCCCCCCCCC)COP(=O)([O-])OCC[N+](C)(C)C. The molecule has 0 aromatic rings. The van der Waals surface area contributed by atoms with Gasteiger partial charge in [-0.2, -0.15) is 0 Å². The zero-order valence-corrected chi connectivity index (χ0v) is 54.0. The van der Waals surface area contributed by atoms with Crippen molar-refractivity contribution >= 4 is 19.8 Å². The smallest absolute Gasteiger partial charge is 0.306 e. The Kier molecular flexibility index (Phi) is 59.4. The second kappa shape index (κ2) is 60.8. The van der Waals surface area contributed by atoms with Gasteiger partial charge in [-0.1, -0.05) is 314 Å². The van der Waals surface area contributed by atoms with Crippen molar-refractivity contribution in [2.75, 3.05) is 47.5 Å². The Labute approximate surface area is 491 Å². The number of rotatable bonds is 64. The molecule has 0 aliphatic rings. The largest absolute Gasteiger partial charge is 0.756 e. The van der Waals surface area contributed by atoms with Crippen LogP contribution in [0, 0.1) is 0 Å². The van der Waals surface area contributed by atoms with E-state index in [2.05, 4.69) is 50.3 Å². The van der Waals surface area contributed by atoms with Gasteiger partial charge in [-0.3, -0.25) is 14.2 Å². The van der Waals surface area contributed by atoms with E-state index in [4.69, 9.17) is 18.5 Å². The van der Waals surface area contributed by atoms with Crippen LogP contribution in [0.1, 0.15) is 341 Å². The Morgan fingerprint density at radius 1 is 0.392 bits per heavy atom. The topological polar surface area (TPSA) is 111 Å². The van der Waals surface area contributed by atoms with Gasteiger partial charge < -0.3 is 27.9 Å². The van der Waals surface area contributed by atoms with Gasteiger partial charge in [0.2, 0.25) is 0 Å². The predicted octanol–water partition coefficient (Wildman–Crippen LogP) is 21.3. The summed E-state index contributed by atoms with van der Waals surface area (Å²) in [5.74, 6) is -0.813. The van der Waals surface area contributed by atoms with Crippen molar-refractivity contribution < 1.29 is 42.1 Å². The molecule has 0 bridgehead atoms. The third-order valence-corrected chi connectivity index (χ3v) is 16.4. The van der Waals surface area contributed by atoms with Crippen LogP contribution in [-0.4, -0.2) is 70.0 Å². The van der Waals surface area contributed by atoms with Gasteiger partial charge in [-0.25, -0.2) is 0 Å². The number of unbranched alkanes of at least 4 members (excludes halogenated alkanes) is 44. The number of hydrogen-bond acceptors (Lipinski definition) is 8. The first kappa shape index (κ1) is 77.2. The number of likely N-dealkylation sites (N-methyl/N-ethyl adjacent to an activating group) is 1. The quantitative estimate of drug-likeness (QED) is 0.0195. The summed E-state index contributed by atoms with van der Waals surface area (Å²) in [7, 11) is 1.19. The molecule has 466 valence electrons. The van der Waals surface area contributed by atoms with Crippen molar-refractivity contribution in [3.63, 3.8) is 0 Å². The van der Waals surface area contributed by atoms with Crippen LogP contribution in [0.2, 0.25) is 0 Å². The summed E-state index contributed by atoms with van der Waals surface area (Å²) in [5.41, 5.74) is 0. The van der Waals surface area contributed by atoms with E-state index in [0.29, 0.717) is 17.4 Å². The first-order valence-electron chi connectivity index (χ1n) is 34.2. The molecule has 0 heterocycles. The van der Waals surface area contributed by atoms with E-state index >= 15 is 0 Å². The molecule has 0 aromatic carbocycles. The van der Waals surface area contributed by atoms with Crippen LogP contribution in [0.4, 0.5) is 0 Å². The van der Waals surface area contributed by atoms with E-state index in [9.17, 15) is 19.0 Å². The fraction of sp³-hybridized carbons (Fsp3) is 0.884. The second-order valence-corrected chi connectivity index (χ2v) is 26.0. The first-order chi connectivity index (χ1) is 38.5. The number of nitrogens with zero attached hydrogens (tertiary/aromatic N) is 1. The standard InChI is InChI=1S/C69H132NO8P/c1-6-8-10-12-14-16-18-20-22-23-24-25-26-27-28-29-30-31-32-33-34-35-36-37-38-39-40-41-42-43-44-45-46-47-48-50-52-54-56-58-60-62-69(72)78-67(66-77-79(73,74)76-64-63-70(3,4)5)65-75-68(71)61-59-57-55-53-51-49-21-19-17-15-13-11-9-7-2/h18,20,23-24,26-27,67H,6-17,19,21-22,25,28-66H2,1-5H3/b20-18-,24-23-,27-26-. The van der Waals surface area contributed by atoms with Gasteiger partial charge >= 0.3 is 11.9 Å². The number of hydrogen-bond donors (Lipinski definition) is 0. The number of carbonyl (C=O) groups excluding carboxylic acids is 2. The van der Waals surface area contributed by atoms with Gasteiger partial charge in [0.15, 0.2) is 6.10 Å². The zero-order chi connectivity index (χ0) is 57.7. The van der Waals surface area contributed by atoms with E-state index in [1.165, 1.54) is 263 Å². The Hall–Kier alpha value is -1.77. The fourth-order valence-electron chi connectivity index (χ4n) is 10.1. The first-order valence-corrected chi connectivity index (χ1v) is 35.7. The maximum Gasteiger partial charge on any atom is 0.306 e. The molecule has 2 atom stereocenters. The fourth-order valence-corrected chi connectivity index (χ4v) is 10.9. The molecule has 0 aliphatic heterocycles. The maximum atomic E-state index is 12.8. The average Bonchev–Trinajstić information content (AvgIpc) is 3.41. The highest BCUT2D eigenvalue weighted by Gasteiger charge is 2.22. The number of phosphoric acid groups is 1. The van der Waals surface area contributed by atoms with Crippen LogP contribution >= 0.6 is 7.82 Å². The molecule has 0 radical (unpaired) electrons. The molecule has 79 heavy (non-hydrogen) atoms. The van der Waals surface area contributed by atoms with Crippen molar-refractivity contribution in [3.8, 4) is 0 Å². The predicted molar refractivity (Wildman–Crippen MR) is 337 cm³/mol. The summed E-state index contributed by atoms with van der Waals surface area (Å²) in [4.78, 5) is 37.9. The lowest BCUT2D eigenvalue weighted by Gasteiger charge is -2.28. The Balaban J connectivity index is 3.84. The van der Waals surface area contributed by atoms with Gasteiger partial charge in [0, 0.05) is 12.8 Å². The Morgan fingerprint density at radius 3 is 1.01 bits per heavy atom. The van der Waals surface area contributed by atoms with Crippen LogP contribution in [-0.2, 0) is 32.7 Å². The van der Waals surface area contributed by atoms with Crippen LogP contribution in [0.5, 0.6) is 0 Å². The molecule has 9 nitrogen and oxygen atoms in total. The summed E-state index contributed by atoms with van der Waals surface area (Å²) in [6, 6.07) is 0. The normalized spacial score (nSPS) is 13.3. The summed E-state index contributed by atoms with van der Waals surface area (Å²) >= 11 is 0. The Morgan fingerprint density at radius 2 is 0.684 bits per heavy atom. The van der Waals surface area contributed by atoms with Gasteiger partial charge in [0.25, 0.3) is 7.82 Å². The second-order valence-electron chi connectivity index (χ2n) is 24.6. The van der Waals surface area contributed by atoms with Crippen LogP contribution in [0.25, 0.3) is 0 Å². The molecule has 0 amide bonds. The molecule has 0 saturated heterocycles. The minimum absolute atomic E-state index is 0.0269. The molecule has 0 spiro atoms. The molecule has 10 heteroatoms. The van der Waals surface area contributed by atoms with Crippen molar-refractivity contribution in [2.45, 2.75) is 347 Å². The summed E-state index contributed by atoms with van der Waals surface area (Å²) in [6.45, 7) is 4.28. The number of carbonyl (C=O) groups is 2. The zero-order valence-electron chi connectivity index (χ0n) is 53.1. The molecule has 0 N–H and O–H groups in total. The number of ether oxygens (including phenoxy) is 2. The third-order valence-electron chi connectivity index (χ3n) is 15.4. The lowest BCUT2D eigenvalue weighted by atomic mass is 10.0. The molecule has 0 aromatic heterocycles. The lowest BCUT2D eigenvalue weighted by Crippen LogP contribution is -2.37. The number of quaternary nitrogens is 1. The number of allylic oxidation sites excluding steroid dienone is 6. The van der Waals surface area contributed by atoms with Gasteiger partial charge in [-0.15, -0.1) is 0 Å². The molecule has 0 fully saturated rings. The highest BCUT2D eigenvalue weighted by atomic mass is 31.2. The van der Waals surface area contributed by atoms with Gasteiger partial charge in [0.1, 0.15) is 19.8 Å². The average molecular weight is 1130 g/mol. The van der Waals surface area contributed by atoms with Gasteiger partial charge in [-0.05, 0) is 51.4 Å². The third kappa shape index (κ3) is 65.3. The molecule has 0 rings (SSSR count). The van der Waals surface area contributed by atoms with E-state index in [1.54, 1.807) is 0 Å². The van der Waals surface area contributed by atoms with E-state index in [0.717, 1.165) is 44.9 Å². The molecule has 0 saturated carbocycles. The van der Waals surface area contributed by atoms with Gasteiger partial charge in [0.05, 0.1) is 27.7 Å². The summed E-state index contributed by atoms with van der Waals surface area (Å²) < 4.78 is 34.2. The van der Waals surface area contributed by atoms with E-state index < -0.39 is 26.5 Å². The summed E-state index contributed by atoms with van der Waals surface area (Å²) in [6.07, 6.45) is 76.7. The van der Waals surface area contributed by atoms with E-state index in [-0.39, 0.29) is 32.0 Å².